The van der Waals surface area contributed by atoms with Gasteiger partial charge in [-0.3, -0.25) is 24.1 Å². The third-order valence-corrected chi connectivity index (χ3v) is 18.1. The average Bonchev–Trinajstić information content (AvgIpc) is 1.02. The number of nitrogens with one attached hydrogen (secondary N) is 3. The van der Waals surface area contributed by atoms with Gasteiger partial charge in [-0.1, -0.05) is 54.6 Å². The SMILES string of the molecule is CC(=O)N(C)C1CCN(c2cc3c(N[C@H](C)c4cccc(C(F)F)c4F)nc(C)nc3cn2)C1.CC(=O)N1CCCN(c2cc3c(N[C@H](C)c4cccc(C(F)F)c4F)nc(C)nc3cn2)CC1.Cc1nc(N[C@H](C)c2cccc(C(F)F)c2F)c2cc(N3CCCN(C)C(=O)C3=O)ncc2n1. The molecule has 0 spiro atoms. The summed E-state index contributed by atoms with van der Waals surface area (Å²) in [7, 11) is 3.37. The largest absolute Gasteiger partial charge is 0.363 e. The summed E-state index contributed by atoms with van der Waals surface area (Å²) in [6.07, 6.45) is -1.68. The number of fused-ring (bicyclic) bond motifs is 3. The van der Waals surface area contributed by atoms with E-state index in [1.807, 2.05) is 17.0 Å². The molecule has 3 fully saturated rings. The first-order chi connectivity index (χ1) is 48.6. The highest BCUT2D eigenvalue weighted by Crippen LogP contribution is 2.36. The predicted octanol–water partition coefficient (Wildman–Crippen LogP) is 13.1. The molecule has 9 aromatic rings. The lowest BCUT2D eigenvalue weighted by Crippen LogP contribution is -2.40. The number of aromatic nitrogens is 9. The second-order valence-corrected chi connectivity index (χ2v) is 25.2. The number of pyridine rings is 3. The van der Waals surface area contributed by atoms with Crippen molar-refractivity contribution in [3.05, 3.63) is 160 Å². The molecule has 6 aromatic heterocycles. The minimum Gasteiger partial charge on any atom is -0.363 e. The number of anilines is 6. The van der Waals surface area contributed by atoms with E-state index in [0.717, 1.165) is 55.8 Å². The number of benzene rings is 3. The monoisotopic (exact) mass is 1420 g/mol. The zero-order valence-electron chi connectivity index (χ0n) is 57.7. The molecule has 3 aromatic carbocycles. The molecule has 3 N–H and O–H groups in total. The summed E-state index contributed by atoms with van der Waals surface area (Å²) in [4.78, 5) is 99.0. The van der Waals surface area contributed by atoms with Gasteiger partial charge in [0.1, 0.15) is 69.8 Å². The molecule has 9 heterocycles. The molecule has 538 valence electrons. The molecule has 3 aliphatic heterocycles. The van der Waals surface area contributed by atoms with Gasteiger partial charge in [-0.05, 0) is 79.0 Å². The first-order valence-corrected chi connectivity index (χ1v) is 33.0. The van der Waals surface area contributed by atoms with Crippen LogP contribution in [0.3, 0.4) is 0 Å². The minimum absolute atomic E-state index is 0.0193. The summed E-state index contributed by atoms with van der Waals surface area (Å²) in [5.74, 6) is 0.345. The van der Waals surface area contributed by atoms with Crippen LogP contribution >= 0.6 is 0 Å². The number of likely N-dealkylation sites (N-methyl/N-ethyl adjacent to an activating group) is 2. The fraction of sp³-hybridized carbons (Fsp3) is 0.394. The van der Waals surface area contributed by atoms with E-state index in [2.05, 4.69) is 70.6 Å². The number of halogens is 9. The van der Waals surface area contributed by atoms with Gasteiger partial charge in [-0.2, -0.15) is 0 Å². The smallest absolute Gasteiger partial charge is 0.317 e. The molecule has 1 unspecified atom stereocenters. The summed E-state index contributed by atoms with van der Waals surface area (Å²) in [6, 6.07) is 15.3. The Morgan fingerprint density at radius 2 is 0.892 bits per heavy atom. The number of hydrogen-bond acceptors (Lipinski definition) is 18. The Morgan fingerprint density at radius 3 is 1.30 bits per heavy atom. The van der Waals surface area contributed by atoms with Crippen LogP contribution in [0.5, 0.6) is 0 Å². The third-order valence-electron chi connectivity index (χ3n) is 18.1. The molecule has 12 rings (SSSR count). The number of carbonyl (C=O) groups excluding carboxylic acids is 4. The maximum Gasteiger partial charge on any atom is 0.317 e. The van der Waals surface area contributed by atoms with Crippen LogP contribution in [0, 0.1) is 38.2 Å². The second-order valence-electron chi connectivity index (χ2n) is 25.2. The minimum atomic E-state index is -2.93. The van der Waals surface area contributed by atoms with Gasteiger partial charge in [-0.15, -0.1) is 0 Å². The molecule has 3 saturated heterocycles. The maximum atomic E-state index is 14.7. The summed E-state index contributed by atoms with van der Waals surface area (Å²) in [5, 5.41) is 11.3. The standard InChI is InChI=1S/2C24H27F3N6O.C23H23F3N6O2/c1-13(17-6-5-7-18(22(17)25)23(26)27)29-24-19-10-21(28-11-20(19)30-14(2)31-24)33-9-8-16(12-33)32(4)15(3)34;1-14(17-6-4-7-18(22(17)25)23(26)27)29-24-19-12-21(28-13-20(19)30-15(2)31-24)33-9-5-8-32(10-11-33)16(3)34;1-12(14-6-4-7-15(19(14)24)20(25)26)28-21-16-10-18(27-11-17(16)29-13(2)30-21)32-9-5-8-31(3)22(33)23(32)34/h5-7,10-11,13,16,23H,8-9,12H2,1-4H3,(H,29,30,31);4,6-7,12-14,23H,5,8-11H2,1-3H3,(H,29,30,31);4,6-7,10-12,20H,5,8-9H2,1-3H3,(H,28,29,30)/t13-,16?;14-;12-/m111/s1. The van der Waals surface area contributed by atoms with E-state index in [1.165, 1.54) is 52.4 Å². The van der Waals surface area contributed by atoms with Gasteiger partial charge in [0.2, 0.25) is 11.8 Å². The summed E-state index contributed by atoms with van der Waals surface area (Å²) in [6.45, 7) is 18.2. The fourth-order valence-electron chi connectivity index (χ4n) is 12.4. The molecule has 4 amide bonds. The fourth-order valence-corrected chi connectivity index (χ4v) is 12.4. The van der Waals surface area contributed by atoms with Crippen LogP contribution in [0.15, 0.2) is 91.4 Å². The zero-order chi connectivity index (χ0) is 73.5. The van der Waals surface area contributed by atoms with Crippen molar-refractivity contribution >= 4 is 91.2 Å². The number of amides is 4. The van der Waals surface area contributed by atoms with Gasteiger partial charge >= 0.3 is 11.8 Å². The molecule has 3 aliphatic rings. The molecule has 0 bridgehead atoms. The molecule has 0 saturated carbocycles. The summed E-state index contributed by atoms with van der Waals surface area (Å²) >= 11 is 0. The Bertz CT molecular complexity index is 4590. The molecule has 31 heteroatoms. The van der Waals surface area contributed by atoms with Gasteiger partial charge in [-0.25, -0.2) is 84.4 Å². The first kappa shape index (κ1) is 74.1. The van der Waals surface area contributed by atoms with Crippen molar-refractivity contribution in [1.82, 2.24) is 59.6 Å². The van der Waals surface area contributed by atoms with Gasteiger partial charge in [0.25, 0.3) is 19.3 Å². The van der Waals surface area contributed by atoms with Crippen molar-refractivity contribution in [3.63, 3.8) is 0 Å². The molecule has 0 aliphatic carbocycles. The highest BCUT2D eigenvalue weighted by Gasteiger charge is 2.33. The van der Waals surface area contributed by atoms with Crippen LogP contribution in [0.4, 0.5) is 74.4 Å². The van der Waals surface area contributed by atoms with Gasteiger partial charge in [0.05, 0.1) is 76.0 Å². The summed E-state index contributed by atoms with van der Waals surface area (Å²) in [5.41, 5.74) is 0.112. The van der Waals surface area contributed by atoms with E-state index in [4.69, 9.17) is 0 Å². The van der Waals surface area contributed by atoms with E-state index in [1.54, 1.807) is 92.8 Å². The van der Waals surface area contributed by atoms with Crippen molar-refractivity contribution in [2.75, 3.05) is 97.1 Å². The number of rotatable bonds is 16. The topological polar surface area (TPSA) is 240 Å². The van der Waals surface area contributed by atoms with E-state index >= 15 is 0 Å². The zero-order valence-corrected chi connectivity index (χ0v) is 57.7. The van der Waals surface area contributed by atoms with Crippen LogP contribution in [-0.4, -0.2) is 156 Å². The second kappa shape index (κ2) is 31.9. The lowest BCUT2D eigenvalue weighted by Gasteiger charge is -2.24. The normalized spacial score (nSPS) is 16.0. The van der Waals surface area contributed by atoms with Crippen LogP contribution < -0.4 is 30.7 Å². The Kier molecular flexibility index (Phi) is 23.2. The number of carbonyl (C=O) groups is 4. The van der Waals surface area contributed by atoms with Crippen LogP contribution in [0.2, 0.25) is 0 Å². The Hall–Kier alpha value is -10.6. The van der Waals surface area contributed by atoms with E-state index in [-0.39, 0.29) is 40.4 Å². The van der Waals surface area contributed by atoms with Gasteiger partial charge in [0, 0.05) is 113 Å². The summed E-state index contributed by atoms with van der Waals surface area (Å²) < 4.78 is 123. The molecule has 0 radical (unpaired) electrons. The number of hydrogen-bond donors (Lipinski definition) is 3. The van der Waals surface area contributed by atoms with Crippen molar-refractivity contribution in [3.8, 4) is 0 Å². The van der Waals surface area contributed by atoms with E-state index in [9.17, 15) is 58.7 Å². The molecule has 22 nitrogen and oxygen atoms in total. The van der Waals surface area contributed by atoms with E-state index < -0.39 is 83.4 Å². The quantitative estimate of drug-likeness (QED) is 0.0602. The highest BCUT2D eigenvalue weighted by atomic mass is 19.3. The van der Waals surface area contributed by atoms with Crippen LogP contribution in [0.25, 0.3) is 32.7 Å². The molecular weight excluding hydrogens is 1340 g/mol. The lowest BCUT2D eigenvalue weighted by molar-refractivity contribution is -0.142. The van der Waals surface area contributed by atoms with Crippen LogP contribution in [-0.2, 0) is 19.2 Å². The number of aryl methyl sites for hydroxylation is 3. The average molecular weight is 1420 g/mol. The number of nitrogens with zero attached hydrogens (tertiary/aromatic N) is 15. The van der Waals surface area contributed by atoms with Crippen molar-refractivity contribution in [2.45, 2.75) is 118 Å². The lowest BCUT2D eigenvalue weighted by atomic mass is 10.0. The Morgan fingerprint density at radius 1 is 0.500 bits per heavy atom. The van der Waals surface area contributed by atoms with Gasteiger partial charge in [0.15, 0.2) is 0 Å². The van der Waals surface area contributed by atoms with Crippen molar-refractivity contribution < 1.29 is 58.7 Å². The Labute approximate surface area is 582 Å². The van der Waals surface area contributed by atoms with Crippen molar-refractivity contribution in [2.24, 2.45) is 0 Å². The predicted molar refractivity (Wildman–Crippen MR) is 369 cm³/mol. The Balaban J connectivity index is 0.000000165. The third kappa shape index (κ3) is 16.7. The number of alkyl halides is 6. The van der Waals surface area contributed by atoms with Crippen LogP contribution in [0.1, 0.15) is 142 Å². The van der Waals surface area contributed by atoms with Gasteiger partial charge < -0.3 is 40.4 Å². The molecule has 4 atom stereocenters. The van der Waals surface area contributed by atoms with E-state index in [0.29, 0.717) is 113 Å². The first-order valence-electron chi connectivity index (χ1n) is 33.0. The molecule has 102 heavy (non-hydrogen) atoms. The maximum absolute atomic E-state index is 14.7. The highest BCUT2D eigenvalue weighted by molar-refractivity contribution is 6.40. The molecular formula is C71H77F9N18O4. The van der Waals surface area contributed by atoms with Crippen molar-refractivity contribution in [1.29, 1.82) is 0 Å².